The number of aromatic amines is 1. The largest absolute Gasteiger partial charge is 0.367 e. The number of nitrogens with one attached hydrogen (secondary N) is 2. The van der Waals surface area contributed by atoms with Crippen LogP contribution >= 0.6 is 11.3 Å². The number of alkyl halides is 2. The van der Waals surface area contributed by atoms with Gasteiger partial charge in [-0.25, -0.2) is 22.5 Å². The molecule has 1 fully saturated rings. The molecule has 2 aliphatic heterocycles. The predicted molar refractivity (Wildman–Crippen MR) is 169 cm³/mol. The number of likely N-dealkylation sites (N-methyl/N-ethyl adjacent to an activating group) is 1. The Morgan fingerprint density at radius 1 is 1.20 bits per heavy atom. The fourth-order valence-electron chi connectivity index (χ4n) is 5.58. The Morgan fingerprint density at radius 3 is 2.61 bits per heavy atom. The number of piperazine rings is 1. The van der Waals surface area contributed by atoms with Gasteiger partial charge < -0.3 is 29.9 Å². The lowest BCUT2D eigenvalue weighted by Crippen LogP contribution is -2.50. The van der Waals surface area contributed by atoms with Crippen LogP contribution in [0.3, 0.4) is 0 Å². The zero-order valence-electron chi connectivity index (χ0n) is 25.9. The minimum absolute atomic E-state index is 0.0222. The van der Waals surface area contributed by atoms with Gasteiger partial charge in [0.1, 0.15) is 22.2 Å². The normalized spacial score (nSPS) is 17.5. The number of hydrogen-bond acceptors (Lipinski definition) is 8. The van der Waals surface area contributed by atoms with Gasteiger partial charge in [-0.3, -0.25) is 14.4 Å². The lowest BCUT2D eigenvalue weighted by molar-refractivity contribution is 0.0767. The summed E-state index contributed by atoms with van der Waals surface area (Å²) in [5.41, 5.74) is -2.23. The van der Waals surface area contributed by atoms with E-state index in [1.807, 2.05) is 33.0 Å². The summed E-state index contributed by atoms with van der Waals surface area (Å²) in [4.78, 5) is 52.0. The Hall–Kier alpha value is -4.08. The van der Waals surface area contributed by atoms with Gasteiger partial charge in [0.25, 0.3) is 18.2 Å². The number of carbonyl (C=O) groups is 2. The highest BCUT2D eigenvalue weighted by Crippen LogP contribution is 2.39. The van der Waals surface area contributed by atoms with Crippen LogP contribution in [0.15, 0.2) is 34.6 Å². The van der Waals surface area contributed by atoms with Gasteiger partial charge in [0.2, 0.25) is 5.56 Å². The van der Waals surface area contributed by atoms with Crippen LogP contribution in [0.1, 0.15) is 56.8 Å². The van der Waals surface area contributed by atoms with E-state index < -0.39 is 40.7 Å². The first-order valence-electron chi connectivity index (χ1n) is 14.7. The lowest BCUT2D eigenvalue weighted by Gasteiger charge is -2.40. The van der Waals surface area contributed by atoms with Gasteiger partial charge in [0.05, 0.1) is 16.8 Å². The molecule has 0 aliphatic carbocycles. The molecule has 2 amide bonds. The molecule has 1 saturated heterocycles. The summed E-state index contributed by atoms with van der Waals surface area (Å²) in [6.45, 7) is 4.19. The van der Waals surface area contributed by atoms with Crippen molar-refractivity contribution in [1.29, 1.82) is 0 Å². The van der Waals surface area contributed by atoms with Crippen molar-refractivity contribution in [3.05, 3.63) is 79.2 Å². The molecule has 1 atom stereocenters. The second kappa shape index (κ2) is 13.7. The van der Waals surface area contributed by atoms with Crippen molar-refractivity contribution in [3.8, 4) is 0 Å². The maximum atomic E-state index is 16.5. The Labute approximate surface area is 267 Å². The molecule has 0 saturated carbocycles. The SMILES string of the molecule is CC1CN(c2cc(F)c(C3=CCN(C(=O)c4csc(CN(C)C)n4)CC3)c(F)c2NC(=O)c2c[nH]c(=O)cc2C(F)F)CCN1C. The van der Waals surface area contributed by atoms with Crippen molar-refractivity contribution < 1.29 is 27.2 Å². The number of thiazole rings is 1. The van der Waals surface area contributed by atoms with Crippen LogP contribution in [0.5, 0.6) is 0 Å². The number of carbonyl (C=O) groups excluding carboxylic acids is 2. The molecule has 5 rings (SSSR count). The van der Waals surface area contributed by atoms with E-state index in [0.717, 1.165) is 17.3 Å². The molecule has 46 heavy (non-hydrogen) atoms. The first kappa shape index (κ1) is 33.3. The van der Waals surface area contributed by atoms with E-state index in [2.05, 4.69) is 20.2 Å². The van der Waals surface area contributed by atoms with Crippen LogP contribution < -0.4 is 15.8 Å². The molecule has 2 aliphatic rings. The number of rotatable bonds is 8. The minimum atomic E-state index is -3.14. The maximum absolute atomic E-state index is 16.5. The summed E-state index contributed by atoms with van der Waals surface area (Å²) >= 11 is 1.38. The minimum Gasteiger partial charge on any atom is -0.367 e. The summed E-state index contributed by atoms with van der Waals surface area (Å²) in [5, 5.41) is 4.89. The molecule has 0 spiro atoms. The third-order valence-electron chi connectivity index (χ3n) is 8.21. The number of amides is 2. The average Bonchev–Trinajstić information content (AvgIpc) is 3.47. The predicted octanol–water partition coefficient (Wildman–Crippen LogP) is 4.43. The van der Waals surface area contributed by atoms with Crippen molar-refractivity contribution in [2.75, 3.05) is 64.1 Å². The molecule has 4 heterocycles. The van der Waals surface area contributed by atoms with Gasteiger partial charge in [0.15, 0.2) is 5.82 Å². The Bertz CT molecular complexity index is 1720. The molecule has 1 aromatic carbocycles. The van der Waals surface area contributed by atoms with Gasteiger partial charge >= 0.3 is 0 Å². The number of pyridine rings is 1. The smallest absolute Gasteiger partial charge is 0.273 e. The van der Waals surface area contributed by atoms with E-state index in [-0.39, 0.29) is 48.4 Å². The second-order valence-corrected chi connectivity index (χ2v) is 12.7. The van der Waals surface area contributed by atoms with E-state index in [4.69, 9.17) is 0 Å². The highest BCUT2D eigenvalue weighted by molar-refractivity contribution is 7.09. The Balaban J connectivity index is 1.48. The van der Waals surface area contributed by atoms with Crippen LogP contribution in [0.2, 0.25) is 0 Å². The van der Waals surface area contributed by atoms with E-state index in [9.17, 15) is 23.2 Å². The molecule has 0 bridgehead atoms. The number of nitrogens with zero attached hydrogens (tertiary/aromatic N) is 5. The second-order valence-electron chi connectivity index (χ2n) is 11.7. The summed E-state index contributed by atoms with van der Waals surface area (Å²) < 4.78 is 59.8. The molecule has 3 aromatic rings. The van der Waals surface area contributed by atoms with Crippen molar-refractivity contribution in [2.24, 2.45) is 0 Å². The Morgan fingerprint density at radius 2 is 1.96 bits per heavy atom. The van der Waals surface area contributed by atoms with Crippen LogP contribution in [-0.4, -0.2) is 96.4 Å². The van der Waals surface area contributed by atoms with Crippen LogP contribution in [0.25, 0.3) is 5.57 Å². The van der Waals surface area contributed by atoms with Crippen molar-refractivity contribution in [2.45, 2.75) is 32.4 Å². The molecule has 246 valence electrons. The van der Waals surface area contributed by atoms with Gasteiger partial charge in [-0.1, -0.05) is 6.08 Å². The Kier molecular flexibility index (Phi) is 9.93. The molecule has 2 N–H and O–H groups in total. The fourth-order valence-corrected chi connectivity index (χ4v) is 6.46. The van der Waals surface area contributed by atoms with Gasteiger partial charge in [-0.05, 0) is 40.1 Å². The zero-order valence-corrected chi connectivity index (χ0v) is 26.7. The molecule has 2 aromatic heterocycles. The number of halogens is 4. The average molecular weight is 662 g/mol. The van der Waals surface area contributed by atoms with Crippen molar-refractivity contribution in [1.82, 2.24) is 24.7 Å². The quantitative estimate of drug-likeness (QED) is 0.345. The molecule has 10 nitrogen and oxygen atoms in total. The molecule has 1 unspecified atom stereocenters. The third-order valence-corrected chi connectivity index (χ3v) is 9.05. The maximum Gasteiger partial charge on any atom is 0.273 e. The summed E-state index contributed by atoms with van der Waals surface area (Å²) in [7, 11) is 5.73. The zero-order chi connectivity index (χ0) is 33.3. The summed E-state index contributed by atoms with van der Waals surface area (Å²) in [5.74, 6) is -3.29. The molecular formula is C31H35F4N7O3S. The van der Waals surface area contributed by atoms with Crippen LogP contribution in [0, 0.1) is 11.6 Å². The van der Waals surface area contributed by atoms with Gasteiger partial charge in [-0.2, -0.15) is 0 Å². The summed E-state index contributed by atoms with van der Waals surface area (Å²) in [6, 6.07) is 1.78. The summed E-state index contributed by atoms with van der Waals surface area (Å²) in [6.07, 6.45) is -0.602. The standard InChI is InChI=1S/C31H35F4N7O3S/c1-17-14-42(10-9-40(17)4)23-12-21(32)26(27(33)28(23)38-30(44)20-13-36-24(43)11-19(20)29(34)35)18-5-7-41(8-6-18)31(45)22-16-46-25(37-22)15-39(2)3/h5,11-13,16-17,29H,6-10,14-15H2,1-4H3,(H,36,43)(H,38,44). The number of H-pyrrole nitrogens is 1. The number of benzene rings is 1. The van der Waals surface area contributed by atoms with E-state index in [0.29, 0.717) is 43.5 Å². The first-order valence-corrected chi connectivity index (χ1v) is 15.6. The van der Waals surface area contributed by atoms with Gasteiger partial charge in [0, 0.05) is 74.6 Å². The highest BCUT2D eigenvalue weighted by Gasteiger charge is 2.31. The molecular weight excluding hydrogens is 626 g/mol. The van der Waals surface area contributed by atoms with E-state index in [1.54, 1.807) is 21.3 Å². The number of anilines is 2. The van der Waals surface area contributed by atoms with E-state index in [1.165, 1.54) is 11.3 Å². The van der Waals surface area contributed by atoms with Gasteiger partial charge in [-0.15, -0.1) is 11.3 Å². The van der Waals surface area contributed by atoms with Crippen molar-refractivity contribution >= 4 is 40.1 Å². The molecule has 15 heteroatoms. The first-order chi connectivity index (χ1) is 21.8. The lowest BCUT2D eigenvalue weighted by atomic mass is 9.96. The van der Waals surface area contributed by atoms with Crippen molar-refractivity contribution in [3.63, 3.8) is 0 Å². The monoisotopic (exact) mass is 661 g/mol. The number of hydrogen-bond donors (Lipinski definition) is 2. The third kappa shape index (κ3) is 7.00. The highest BCUT2D eigenvalue weighted by atomic mass is 32.1. The fraction of sp³-hybridized carbons (Fsp3) is 0.419. The van der Waals surface area contributed by atoms with Crippen LogP contribution in [0.4, 0.5) is 28.9 Å². The van der Waals surface area contributed by atoms with Crippen LogP contribution in [-0.2, 0) is 6.54 Å². The van der Waals surface area contributed by atoms with E-state index >= 15 is 8.78 Å². The number of aromatic nitrogens is 2. The molecule has 0 radical (unpaired) electrons. The topological polar surface area (TPSA) is 105 Å².